The van der Waals surface area contributed by atoms with Crippen molar-refractivity contribution < 1.29 is 9.84 Å². The number of hydrogen-bond acceptors (Lipinski definition) is 6. The fraction of sp³-hybridized carbons (Fsp3) is 0.692. The summed E-state index contributed by atoms with van der Waals surface area (Å²) < 4.78 is 5.21. The largest absolute Gasteiger partial charge is 0.491 e. The van der Waals surface area contributed by atoms with Crippen molar-refractivity contribution in [3.05, 3.63) is 6.20 Å². The lowest BCUT2D eigenvalue weighted by Crippen LogP contribution is -2.32. The van der Waals surface area contributed by atoms with Crippen LogP contribution < -0.4 is 15.8 Å². The van der Waals surface area contributed by atoms with E-state index in [4.69, 9.17) is 10.5 Å². The Kier molecular flexibility index (Phi) is 5.82. The summed E-state index contributed by atoms with van der Waals surface area (Å²) in [7, 11) is 1.56. The van der Waals surface area contributed by atoms with Crippen LogP contribution in [0.5, 0.6) is 5.75 Å². The predicted molar refractivity (Wildman–Crippen MR) is 76.1 cm³/mol. The van der Waals surface area contributed by atoms with Gasteiger partial charge in [-0.3, -0.25) is 0 Å². The minimum atomic E-state index is 0.105. The van der Waals surface area contributed by atoms with Gasteiger partial charge in [-0.1, -0.05) is 20.8 Å². The molecule has 0 aliphatic rings. The van der Waals surface area contributed by atoms with Crippen LogP contribution in [-0.2, 0) is 0 Å². The molecular weight excluding hydrogens is 244 g/mol. The fourth-order valence-electron chi connectivity index (χ4n) is 1.88. The molecule has 19 heavy (non-hydrogen) atoms. The molecule has 0 aliphatic carbocycles. The van der Waals surface area contributed by atoms with Crippen molar-refractivity contribution in [2.45, 2.75) is 33.2 Å². The molecule has 0 bridgehead atoms. The van der Waals surface area contributed by atoms with Gasteiger partial charge in [-0.2, -0.15) is 4.98 Å². The molecule has 0 saturated heterocycles. The highest BCUT2D eigenvalue weighted by atomic mass is 16.5. The van der Waals surface area contributed by atoms with Crippen LogP contribution in [0.15, 0.2) is 6.20 Å². The fourth-order valence-corrected chi connectivity index (χ4v) is 1.88. The third-order valence-electron chi connectivity index (χ3n) is 3.44. The van der Waals surface area contributed by atoms with Crippen molar-refractivity contribution in [1.29, 1.82) is 0 Å². The zero-order valence-electron chi connectivity index (χ0n) is 12.1. The highest BCUT2D eigenvalue weighted by molar-refractivity contribution is 5.51. The van der Waals surface area contributed by atoms with Gasteiger partial charge >= 0.3 is 0 Å². The molecule has 1 aromatic heterocycles. The van der Waals surface area contributed by atoms with Crippen LogP contribution in [-0.4, -0.2) is 34.8 Å². The highest BCUT2D eigenvalue weighted by Crippen LogP contribution is 2.26. The molecule has 1 unspecified atom stereocenters. The minimum absolute atomic E-state index is 0.105. The Labute approximate surface area is 114 Å². The topological polar surface area (TPSA) is 93.3 Å². The van der Waals surface area contributed by atoms with Crippen LogP contribution in [0.1, 0.15) is 27.2 Å². The van der Waals surface area contributed by atoms with Gasteiger partial charge < -0.3 is 20.9 Å². The van der Waals surface area contributed by atoms with Gasteiger partial charge in [0.05, 0.1) is 13.3 Å². The lowest BCUT2D eigenvalue weighted by Gasteiger charge is -2.28. The number of methoxy groups -OCH3 is 1. The van der Waals surface area contributed by atoms with Crippen molar-refractivity contribution in [2.24, 2.45) is 11.8 Å². The Bertz CT molecular complexity index is 398. The number of aromatic nitrogens is 2. The number of anilines is 2. The molecule has 108 valence electrons. The molecule has 0 spiro atoms. The first-order valence-electron chi connectivity index (χ1n) is 6.53. The lowest BCUT2D eigenvalue weighted by molar-refractivity contribution is 0.248. The third-order valence-corrected chi connectivity index (χ3v) is 3.44. The van der Waals surface area contributed by atoms with E-state index in [2.05, 4.69) is 36.1 Å². The lowest BCUT2D eigenvalue weighted by atomic mass is 9.88. The highest BCUT2D eigenvalue weighted by Gasteiger charge is 2.21. The van der Waals surface area contributed by atoms with E-state index < -0.39 is 0 Å². The standard InChI is InChI=1S/C13H24N4O2/c1-8(2)9(3)10(5-6-18)16-12-11(19-4)7-15-13(14)17-12/h7-10,18H,5-6H2,1-4H3,(H3,14,15,16,17)/t9?,10-/m0/s1. The van der Waals surface area contributed by atoms with Crippen LogP contribution in [0.4, 0.5) is 11.8 Å². The number of nitrogens with two attached hydrogens (primary N) is 1. The Morgan fingerprint density at radius 3 is 2.63 bits per heavy atom. The zero-order valence-corrected chi connectivity index (χ0v) is 12.1. The average molecular weight is 268 g/mol. The summed E-state index contributed by atoms with van der Waals surface area (Å²) in [6.07, 6.45) is 2.19. The van der Waals surface area contributed by atoms with Gasteiger partial charge in [-0.15, -0.1) is 0 Å². The summed E-state index contributed by atoms with van der Waals surface area (Å²) in [6, 6.07) is 0.105. The van der Waals surface area contributed by atoms with Gasteiger partial charge in [0.2, 0.25) is 5.95 Å². The smallest absolute Gasteiger partial charge is 0.222 e. The molecule has 1 rings (SSSR count). The second kappa shape index (κ2) is 7.13. The van der Waals surface area contributed by atoms with Crippen molar-refractivity contribution in [3.8, 4) is 5.75 Å². The molecule has 1 heterocycles. The van der Waals surface area contributed by atoms with Gasteiger partial charge in [-0.25, -0.2) is 4.98 Å². The molecule has 0 fully saturated rings. The van der Waals surface area contributed by atoms with Crippen LogP contribution in [0.2, 0.25) is 0 Å². The quantitative estimate of drug-likeness (QED) is 0.694. The van der Waals surface area contributed by atoms with E-state index in [9.17, 15) is 5.11 Å². The number of aliphatic hydroxyl groups is 1. The second-order valence-corrected chi connectivity index (χ2v) is 5.01. The van der Waals surface area contributed by atoms with Gasteiger partial charge in [0.15, 0.2) is 11.6 Å². The number of rotatable bonds is 7. The summed E-state index contributed by atoms with van der Waals surface area (Å²) in [5.74, 6) is 2.19. The molecule has 6 nitrogen and oxygen atoms in total. The molecule has 0 saturated carbocycles. The monoisotopic (exact) mass is 268 g/mol. The maximum atomic E-state index is 9.20. The van der Waals surface area contributed by atoms with Gasteiger partial charge in [-0.05, 0) is 18.3 Å². The number of hydrogen-bond donors (Lipinski definition) is 3. The Hall–Kier alpha value is -1.56. The Morgan fingerprint density at radius 2 is 2.11 bits per heavy atom. The molecule has 2 atom stereocenters. The predicted octanol–water partition coefficient (Wildman–Crippen LogP) is 1.52. The molecule has 1 aromatic rings. The first kappa shape index (κ1) is 15.5. The normalized spacial score (nSPS) is 14.2. The van der Waals surface area contributed by atoms with Crippen LogP contribution in [0.25, 0.3) is 0 Å². The van der Waals surface area contributed by atoms with E-state index in [0.717, 1.165) is 0 Å². The van der Waals surface area contributed by atoms with Crippen molar-refractivity contribution in [2.75, 3.05) is 24.8 Å². The van der Waals surface area contributed by atoms with Crippen LogP contribution in [0, 0.1) is 11.8 Å². The zero-order chi connectivity index (χ0) is 14.4. The van der Waals surface area contributed by atoms with E-state index >= 15 is 0 Å². The summed E-state index contributed by atoms with van der Waals surface area (Å²) in [6.45, 7) is 6.58. The van der Waals surface area contributed by atoms with E-state index in [1.165, 1.54) is 0 Å². The van der Waals surface area contributed by atoms with Crippen molar-refractivity contribution in [1.82, 2.24) is 9.97 Å². The molecule has 4 N–H and O–H groups in total. The van der Waals surface area contributed by atoms with E-state index in [0.29, 0.717) is 29.8 Å². The maximum absolute atomic E-state index is 9.20. The van der Waals surface area contributed by atoms with Gasteiger partial charge in [0.1, 0.15) is 0 Å². The molecule has 0 amide bonds. The van der Waals surface area contributed by atoms with Gasteiger partial charge in [0.25, 0.3) is 0 Å². The van der Waals surface area contributed by atoms with E-state index in [-0.39, 0.29) is 18.6 Å². The number of nitrogens with zero attached hydrogens (tertiary/aromatic N) is 2. The van der Waals surface area contributed by atoms with Gasteiger partial charge in [0, 0.05) is 12.6 Å². The third kappa shape index (κ3) is 4.24. The number of ether oxygens (including phenoxy) is 1. The summed E-state index contributed by atoms with van der Waals surface area (Å²) in [5, 5.41) is 12.5. The summed E-state index contributed by atoms with van der Waals surface area (Å²) in [5.41, 5.74) is 5.60. The van der Waals surface area contributed by atoms with E-state index in [1.807, 2.05) is 0 Å². The summed E-state index contributed by atoms with van der Waals surface area (Å²) in [4.78, 5) is 8.05. The first-order valence-corrected chi connectivity index (χ1v) is 6.53. The Balaban J connectivity index is 2.92. The van der Waals surface area contributed by atoms with Crippen LogP contribution in [0.3, 0.4) is 0 Å². The van der Waals surface area contributed by atoms with Crippen molar-refractivity contribution >= 4 is 11.8 Å². The maximum Gasteiger partial charge on any atom is 0.222 e. The first-order chi connectivity index (χ1) is 8.99. The second-order valence-electron chi connectivity index (χ2n) is 5.01. The minimum Gasteiger partial charge on any atom is -0.491 e. The molecule has 0 radical (unpaired) electrons. The van der Waals surface area contributed by atoms with Crippen LogP contribution >= 0.6 is 0 Å². The van der Waals surface area contributed by atoms with Crippen molar-refractivity contribution in [3.63, 3.8) is 0 Å². The average Bonchev–Trinajstić information content (AvgIpc) is 2.37. The molecular formula is C13H24N4O2. The SMILES string of the molecule is COc1cnc(N)nc1N[C@@H](CCO)C(C)C(C)C. The van der Waals surface area contributed by atoms with E-state index in [1.54, 1.807) is 13.3 Å². The molecule has 0 aromatic carbocycles. The summed E-state index contributed by atoms with van der Waals surface area (Å²) >= 11 is 0. The number of nitrogen functional groups attached to an aromatic ring is 1. The molecule has 0 aliphatic heterocycles. The Morgan fingerprint density at radius 1 is 1.42 bits per heavy atom. The number of aliphatic hydroxyl groups excluding tert-OH is 1. The number of nitrogens with one attached hydrogen (secondary N) is 1. The molecule has 6 heteroatoms.